The zero-order chi connectivity index (χ0) is 16.9. The summed E-state index contributed by atoms with van der Waals surface area (Å²) in [5.74, 6) is 0.224. The summed E-state index contributed by atoms with van der Waals surface area (Å²) in [7, 11) is 1.90. The number of fused-ring (bicyclic) bond motifs is 3. The summed E-state index contributed by atoms with van der Waals surface area (Å²) in [4.78, 5) is 0. The van der Waals surface area contributed by atoms with Crippen molar-refractivity contribution in [1.29, 1.82) is 0 Å². The van der Waals surface area contributed by atoms with E-state index in [1.54, 1.807) is 12.1 Å². The maximum Gasteiger partial charge on any atom is 0.416 e. The Kier molecular flexibility index (Phi) is 3.41. The quantitative estimate of drug-likeness (QED) is 0.742. The van der Waals surface area contributed by atoms with E-state index in [2.05, 4.69) is 12.1 Å². The van der Waals surface area contributed by atoms with Crippen LogP contribution in [0.2, 0.25) is 0 Å². The van der Waals surface area contributed by atoms with Crippen LogP contribution in [0.4, 0.5) is 13.2 Å². The van der Waals surface area contributed by atoms with E-state index in [-0.39, 0.29) is 12.0 Å². The lowest BCUT2D eigenvalue weighted by Crippen LogP contribution is -2.27. The zero-order valence-corrected chi connectivity index (χ0v) is 13.2. The lowest BCUT2D eigenvalue weighted by Gasteiger charge is -2.29. The first-order valence-corrected chi connectivity index (χ1v) is 8.02. The van der Waals surface area contributed by atoms with Crippen molar-refractivity contribution in [3.05, 3.63) is 70.8 Å². The molecule has 1 aliphatic carbocycles. The summed E-state index contributed by atoms with van der Waals surface area (Å²) in [5, 5.41) is 6.60. The molecule has 0 unspecified atom stereocenters. The van der Waals surface area contributed by atoms with Gasteiger partial charge in [0.25, 0.3) is 0 Å². The molecular weight excluding hydrogens is 313 g/mol. The van der Waals surface area contributed by atoms with Crippen molar-refractivity contribution >= 4 is 5.71 Å². The van der Waals surface area contributed by atoms with Gasteiger partial charge in [-0.1, -0.05) is 36.4 Å². The number of hydrazone groups is 1. The van der Waals surface area contributed by atoms with Crippen molar-refractivity contribution in [3.8, 4) is 0 Å². The third-order valence-electron chi connectivity index (χ3n) is 5.00. The lowest BCUT2D eigenvalue weighted by molar-refractivity contribution is -0.137. The Morgan fingerprint density at radius 3 is 2.46 bits per heavy atom. The Labute approximate surface area is 138 Å². The molecule has 0 bridgehead atoms. The van der Waals surface area contributed by atoms with Gasteiger partial charge in [-0.25, -0.2) is 0 Å². The molecule has 0 radical (unpaired) electrons. The minimum absolute atomic E-state index is 0.00404. The predicted octanol–water partition coefficient (Wildman–Crippen LogP) is 4.66. The highest BCUT2D eigenvalue weighted by atomic mass is 19.4. The maximum atomic E-state index is 12.8. The van der Waals surface area contributed by atoms with E-state index in [9.17, 15) is 13.2 Å². The minimum Gasteiger partial charge on any atom is -0.292 e. The molecule has 0 saturated carbocycles. The molecule has 0 spiro atoms. The largest absolute Gasteiger partial charge is 0.416 e. The van der Waals surface area contributed by atoms with E-state index < -0.39 is 11.7 Å². The highest BCUT2D eigenvalue weighted by Gasteiger charge is 2.40. The minimum atomic E-state index is -4.30. The summed E-state index contributed by atoms with van der Waals surface area (Å²) < 4.78 is 38.3. The molecule has 0 saturated heterocycles. The molecule has 124 valence electrons. The van der Waals surface area contributed by atoms with Crippen LogP contribution in [0.5, 0.6) is 0 Å². The van der Waals surface area contributed by atoms with Crippen molar-refractivity contribution < 1.29 is 13.2 Å². The van der Waals surface area contributed by atoms with Crippen molar-refractivity contribution in [1.82, 2.24) is 5.01 Å². The molecule has 2 atom stereocenters. The molecule has 0 amide bonds. The number of aryl methyl sites for hydroxylation is 1. The average Bonchev–Trinajstić information content (AvgIpc) is 2.90. The smallest absolute Gasteiger partial charge is 0.292 e. The maximum absolute atomic E-state index is 12.8. The van der Waals surface area contributed by atoms with Gasteiger partial charge in [-0.05, 0) is 36.1 Å². The number of halogens is 3. The summed E-state index contributed by atoms with van der Waals surface area (Å²) >= 11 is 0. The van der Waals surface area contributed by atoms with E-state index in [4.69, 9.17) is 5.10 Å². The molecule has 24 heavy (non-hydrogen) atoms. The van der Waals surface area contributed by atoms with Gasteiger partial charge in [0.1, 0.15) is 0 Å². The van der Waals surface area contributed by atoms with Crippen molar-refractivity contribution in [2.75, 3.05) is 7.05 Å². The SMILES string of the molecule is CN1N=C2c3ccccc3CC[C@@H]2[C@@H]1c1ccc(C(F)(F)F)cc1. The zero-order valence-electron chi connectivity index (χ0n) is 13.2. The standard InChI is InChI=1S/C19H17F3N2/c1-24-18(13-6-9-14(10-7-13)19(20,21)22)16-11-8-12-4-2-3-5-15(12)17(16)23-24/h2-7,9-10,16,18H,8,11H2,1H3/t16-,18-/m0/s1. The normalized spacial score (nSPS) is 22.8. The molecule has 1 heterocycles. The molecule has 5 heteroatoms. The van der Waals surface area contributed by atoms with Crippen LogP contribution in [0.1, 0.15) is 34.7 Å². The molecule has 1 aliphatic heterocycles. The Morgan fingerprint density at radius 1 is 1.04 bits per heavy atom. The summed E-state index contributed by atoms with van der Waals surface area (Å²) in [6.07, 6.45) is -2.36. The summed E-state index contributed by atoms with van der Waals surface area (Å²) in [6, 6.07) is 13.8. The molecule has 0 aromatic heterocycles. The Balaban J connectivity index is 1.67. The lowest BCUT2D eigenvalue weighted by atomic mass is 9.77. The van der Waals surface area contributed by atoms with Crippen LogP contribution in [-0.4, -0.2) is 17.8 Å². The Hall–Kier alpha value is -2.30. The van der Waals surface area contributed by atoms with Crippen LogP contribution in [-0.2, 0) is 12.6 Å². The molecule has 4 rings (SSSR count). The first-order valence-electron chi connectivity index (χ1n) is 8.02. The fourth-order valence-electron chi connectivity index (χ4n) is 3.88. The topological polar surface area (TPSA) is 15.6 Å². The van der Waals surface area contributed by atoms with Crippen LogP contribution in [0.25, 0.3) is 0 Å². The van der Waals surface area contributed by atoms with E-state index in [0.717, 1.165) is 36.2 Å². The summed E-state index contributed by atoms with van der Waals surface area (Å²) in [5.41, 5.74) is 3.81. The molecule has 2 aliphatic rings. The number of hydrogen-bond donors (Lipinski definition) is 0. The van der Waals surface area contributed by atoms with Crippen LogP contribution in [0, 0.1) is 5.92 Å². The highest BCUT2D eigenvalue weighted by molar-refractivity contribution is 6.05. The molecular formula is C19H17F3N2. The monoisotopic (exact) mass is 330 g/mol. The third kappa shape index (κ3) is 2.39. The van der Waals surface area contributed by atoms with Gasteiger partial charge in [0.05, 0.1) is 17.3 Å². The van der Waals surface area contributed by atoms with Gasteiger partial charge in [-0.3, -0.25) is 5.01 Å². The summed E-state index contributed by atoms with van der Waals surface area (Å²) in [6.45, 7) is 0. The number of benzene rings is 2. The van der Waals surface area contributed by atoms with Gasteiger partial charge in [-0.2, -0.15) is 18.3 Å². The van der Waals surface area contributed by atoms with E-state index >= 15 is 0 Å². The van der Waals surface area contributed by atoms with Gasteiger partial charge in [0, 0.05) is 18.5 Å². The van der Waals surface area contributed by atoms with E-state index in [1.165, 1.54) is 11.1 Å². The van der Waals surface area contributed by atoms with Crippen LogP contribution in [0.15, 0.2) is 53.6 Å². The molecule has 0 fully saturated rings. The van der Waals surface area contributed by atoms with Gasteiger partial charge in [0.15, 0.2) is 0 Å². The van der Waals surface area contributed by atoms with Gasteiger partial charge < -0.3 is 0 Å². The van der Waals surface area contributed by atoms with Crippen LogP contribution in [0.3, 0.4) is 0 Å². The fraction of sp³-hybridized carbons (Fsp3) is 0.316. The Bertz CT molecular complexity index is 793. The number of hydrogen-bond acceptors (Lipinski definition) is 2. The van der Waals surface area contributed by atoms with Gasteiger partial charge in [-0.15, -0.1) is 0 Å². The first-order chi connectivity index (χ1) is 11.4. The van der Waals surface area contributed by atoms with E-state index in [0.29, 0.717) is 0 Å². The second kappa shape index (κ2) is 5.36. The molecule has 2 aromatic rings. The number of rotatable bonds is 1. The number of nitrogens with zero attached hydrogens (tertiary/aromatic N) is 2. The van der Waals surface area contributed by atoms with Crippen molar-refractivity contribution in [2.24, 2.45) is 11.0 Å². The first kappa shape index (κ1) is 15.2. The molecule has 2 aromatic carbocycles. The molecule has 2 nitrogen and oxygen atoms in total. The second-order valence-electron chi connectivity index (χ2n) is 6.43. The van der Waals surface area contributed by atoms with Crippen LogP contribution >= 0.6 is 0 Å². The average molecular weight is 330 g/mol. The van der Waals surface area contributed by atoms with E-state index in [1.807, 2.05) is 24.2 Å². The van der Waals surface area contributed by atoms with Crippen molar-refractivity contribution in [2.45, 2.75) is 25.1 Å². The van der Waals surface area contributed by atoms with Gasteiger partial charge in [0.2, 0.25) is 0 Å². The van der Waals surface area contributed by atoms with Crippen LogP contribution < -0.4 is 0 Å². The Morgan fingerprint density at radius 2 is 1.75 bits per heavy atom. The number of alkyl halides is 3. The fourth-order valence-corrected chi connectivity index (χ4v) is 3.88. The van der Waals surface area contributed by atoms with Gasteiger partial charge >= 0.3 is 6.18 Å². The molecule has 0 N–H and O–H groups in total. The second-order valence-corrected chi connectivity index (χ2v) is 6.43. The van der Waals surface area contributed by atoms with Crippen molar-refractivity contribution in [3.63, 3.8) is 0 Å². The highest BCUT2D eigenvalue weighted by Crippen LogP contribution is 2.42. The predicted molar refractivity (Wildman–Crippen MR) is 86.7 cm³/mol. The third-order valence-corrected chi connectivity index (χ3v) is 5.00.